The maximum Gasteiger partial charge on any atom is 0.276 e. The summed E-state index contributed by atoms with van der Waals surface area (Å²) >= 11 is 0. The van der Waals surface area contributed by atoms with E-state index in [0.29, 0.717) is 24.8 Å². The van der Waals surface area contributed by atoms with Crippen LogP contribution in [0, 0.1) is 10.1 Å². The van der Waals surface area contributed by atoms with Gasteiger partial charge in [0.25, 0.3) is 5.69 Å². The normalized spacial score (nSPS) is 10.3. The van der Waals surface area contributed by atoms with Crippen molar-refractivity contribution in [2.45, 2.75) is 26.2 Å². The van der Waals surface area contributed by atoms with E-state index in [4.69, 9.17) is 4.74 Å². The molecule has 0 aliphatic carbocycles. The minimum atomic E-state index is -0.408. The Morgan fingerprint density at radius 1 is 1.25 bits per heavy atom. The van der Waals surface area contributed by atoms with Gasteiger partial charge in [-0.05, 0) is 19.3 Å². The zero-order valence-electron chi connectivity index (χ0n) is 12.0. The van der Waals surface area contributed by atoms with Gasteiger partial charge in [-0.3, -0.25) is 10.1 Å². The number of methoxy groups -OCH3 is 1. The molecule has 1 rings (SSSR count). The summed E-state index contributed by atoms with van der Waals surface area (Å²) in [6, 6.07) is 2.90. The third-order valence-electron chi connectivity index (χ3n) is 2.66. The Hall–Kier alpha value is -1.89. The van der Waals surface area contributed by atoms with Gasteiger partial charge >= 0.3 is 0 Å². The van der Waals surface area contributed by atoms with E-state index in [0.717, 1.165) is 25.8 Å². The van der Waals surface area contributed by atoms with Crippen molar-refractivity contribution >= 4 is 17.3 Å². The monoisotopic (exact) mass is 282 g/mol. The molecule has 1 heterocycles. The first kappa shape index (κ1) is 16.2. The van der Waals surface area contributed by atoms with Gasteiger partial charge in [0.05, 0.1) is 17.1 Å². The van der Waals surface area contributed by atoms with Gasteiger partial charge in [0.15, 0.2) is 0 Å². The number of ether oxygens (including phenoxy) is 1. The Labute approximate surface area is 118 Å². The number of hydrogen-bond acceptors (Lipinski definition) is 6. The number of pyridine rings is 1. The summed E-state index contributed by atoms with van der Waals surface area (Å²) in [6.07, 6.45) is 2.81. The van der Waals surface area contributed by atoms with Gasteiger partial charge in [-0.25, -0.2) is 4.98 Å². The molecule has 112 valence electrons. The SMILES string of the molecule is CCCNc1cc([N+](=O)[O-])cc(NCCCCOC)n1. The van der Waals surface area contributed by atoms with Crippen molar-refractivity contribution in [1.29, 1.82) is 0 Å². The molecule has 0 saturated carbocycles. The second-order valence-electron chi connectivity index (χ2n) is 4.41. The molecular weight excluding hydrogens is 260 g/mol. The van der Waals surface area contributed by atoms with Crippen LogP contribution in [0.25, 0.3) is 0 Å². The van der Waals surface area contributed by atoms with Crippen molar-refractivity contribution in [3.05, 3.63) is 22.2 Å². The summed E-state index contributed by atoms with van der Waals surface area (Å²) in [7, 11) is 1.67. The Balaban J connectivity index is 2.63. The van der Waals surface area contributed by atoms with Gasteiger partial charge in [-0.1, -0.05) is 6.92 Å². The highest BCUT2D eigenvalue weighted by molar-refractivity contribution is 5.54. The van der Waals surface area contributed by atoms with E-state index in [1.165, 1.54) is 12.1 Å². The third kappa shape index (κ3) is 5.83. The molecule has 0 saturated heterocycles. The second kappa shape index (κ2) is 9.08. The Kier molecular flexibility index (Phi) is 7.34. The molecule has 1 aromatic heterocycles. The van der Waals surface area contributed by atoms with E-state index in [1.54, 1.807) is 7.11 Å². The summed E-state index contributed by atoms with van der Waals surface area (Å²) < 4.78 is 4.97. The van der Waals surface area contributed by atoms with Crippen LogP contribution in [0.4, 0.5) is 17.3 Å². The van der Waals surface area contributed by atoms with Crippen LogP contribution in [-0.4, -0.2) is 36.7 Å². The van der Waals surface area contributed by atoms with E-state index in [-0.39, 0.29) is 5.69 Å². The first-order chi connectivity index (χ1) is 9.67. The van der Waals surface area contributed by atoms with E-state index in [1.807, 2.05) is 6.92 Å². The smallest absolute Gasteiger partial charge is 0.276 e. The largest absolute Gasteiger partial charge is 0.385 e. The number of hydrogen-bond donors (Lipinski definition) is 2. The van der Waals surface area contributed by atoms with E-state index >= 15 is 0 Å². The number of aromatic nitrogens is 1. The minimum absolute atomic E-state index is 0.0398. The van der Waals surface area contributed by atoms with Crippen LogP contribution in [0.1, 0.15) is 26.2 Å². The molecule has 1 aromatic rings. The lowest BCUT2D eigenvalue weighted by Crippen LogP contribution is -2.08. The van der Waals surface area contributed by atoms with Crippen LogP contribution in [0.2, 0.25) is 0 Å². The molecule has 0 fully saturated rings. The average Bonchev–Trinajstić information content (AvgIpc) is 2.44. The number of anilines is 2. The molecule has 0 atom stereocenters. The first-order valence-corrected chi connectivity index (χ1v) is 6.80. The number of rotatable bonds is 10. The highest BCUT2D eigenvalue weighted by Crippen LogP contribution is 2.20. The zero-order valence-corrected chi connectivity index (χ0v) is 12.0. The Morgan fingerprint density at radius 2 is 1.90 bits per heavy atom. The molecule has 2 N–H and O–H groups in total. The van der Waals surface area contributed by atoms with Gasteiger partial charge in [-0.15, -0.1) is 0 Å². The molecule has 0 radical (unpaired) electrons. The number of nitrogens with zero attached hydrogens (tertiary/aromatic N) is 2. The summed E-state index contributed by atoms with van der Waals surface area (Å²) in [6.45, 7) is 4.19. The lowest BCUT2D eigenvalue weighted by Gasteiger charge is -2.09. The predicted molar refractivity (Wildman–Crippen MR) is 79.3 cm³/mol. The van der Waals surface area contributed by atoms with Crippen LogP contribution in [0.15, 0.2) is 12.1 Å². The molecule has 0 aliphatic rings. The van der Waals surface area contributed by atoms with Gasteiger partial charge in [0.2, 0.25) is 0 Å². The molecule has 7 heteroatoms. The minimum Gasteiger partial charge on any atom is -0.385 e. The van der Waals surface area contributed by atoms with Crippen molar-refractivity contribution in [3.8, 4) is 0 Å². The van der Waals surface area contributed by atoms with Crippen LogP contribution in [-0.2, 0) is 4.74 Å². The second-order valence-corrected chi connectivity index (χ2v) is 4.41. The van der Waals surface area contributed by atoms with E-state index in [9.17, 15) is 10.1 Å². The van der Waals surface area contributed by atoms with Gasteiger partial charge in [0, 0.05) is 26.8 Å². The van der Waals surface area contributed by atoms with Crippen LogP contribution in [0.5, 0.6) is 0 Å². The van der Waals surface area contributed by atoms with Crippen molar-refractivity contribution in [2.24, 2.45) is 0 Å². The van der Waals surface area contributed by atoms with Gasteiger partial charge in [0.1, 0.15) is 11.6 Å². The highest BCUT2D eigenvalue weighted by atomic mass is 16.6. The lowest BCUT2D eigenvalue weighted by atomic mass is 10.3. The maximum absolute atomic E-state index is 10.9. The fourth-order valence-corrected chi connectivity index (χ4v) is 1.64. The maximum atomic E-state index is 10.9. The van der Waals surface area contributed by atoms with Gasteiger partial charge < -0.3 is 15.4 Å². The molecule has 7 nitrogen and oxygen atoms in total. The van der Waals surface area contributed by atoms with Gasteiger partial charge in [-0.2, -0.15) is 0 Å². The third-order valence-corrected chi connectivity index (χ3v) is 2.66. The highest BCUT2D eigenvalue weighted by Gasteiger charge is 2.10. The number of unbranched alkanes of at least 4 members (excludes halogenated alkanes) is 1. The molecule has 0 aromatic carbocycles. The van der Waals surface area contributed by atoms with Crippen LogP contribution >= 0.6 is 0 Å². The molecule has 20 heavy (non-hydrogen) atoms. The van der Waals surface area contributed by atoms with Crippen molar-refractivity contribution in [2.75, 3.05) is 37.4 Å². The standard InChI is InChI=1S/C13H22N4O3/c1-3-6-14-12-9-11(17(18)19)10-13(16-12)15-7-4-5-8-20-2/h9-10H,3-8H2,1-2H3,(H2,14,15,16). The fourth-order valence-electron chi connectivity index (χ4n) is 1.64. The molecule has 0 amide bonds. The summed E-state index contributed by atoms with van der Waals surface area (Å²) in [5, 5.41) is 17.1. The molecular formula is C13H22N4O3. The quantitative estimate of drug-likeness (QED) is 0.389. The average molecular weight is 282 g/mol. The van der Waals surface area contributed by atoms with Crippen molar-refractivity contribution in [1.82, 2.24) is 4.98 Å². The summed E-state index contributed by atoms with van der Waals surface area (Å²) in [5.41, 5.74) is 0.0398. The Morgan fingerprint density at radius 3 is 2.45 bits per heavy atom. The molecule has 0 aliphatic heterocycles. The Bertz CT molecular complexity index is 426. The molecule has 0 bridgehead atoms. The molecule has 0 spiro atoms. The topological polar surface area (TPSA) is 89.3 Å². The summed E-state index contributed by atoms with van der Waals surface area (Å²) in [4.78, 5) is 14.8. The van der Waals surface area contributed by atoms with Crippen molar-refractivity contribution < 1.29 is 9.66 Å². The number of nitro groups is 1. The van der Waals surface area contributed by atoms with E-state index in [2.05, 4.69) is 15.6 Å². The molecule has 0 unspecified atom stereocenters. The number of nitrogens with one attached hydrogen (secondary N) is 2. The van der Waals surface area contributed by atoms with E-state index < -0.39 is 4.92 Å². The van der Waals surface area contributed by atoms with Crippen LogP contribution < -0.4 is 10.6 Å². The van der Waals surface area contributed by atoms with Crippen LogP contribution in [0.3, 0.4) is 0 Å². The fraction of sp³-hybridized carbons (Fsp3) is 0.615. The predicted octanol–water partition coefficient (Wildman–Crippen LogP) is 2.65. The summed E-state index contributed by atoms with van der Waals surface area (Å²) in [5.74, 6) is 1.05. The lowest BCUT2D eigenvalue weighted by molar-refractivity contribution is -0.384. The zero-order chi connectivity index (χ0) is 14.8. The first-order valence-electron chi connectivity index (χ1n) is 6.80. The van der Waals surface area contributed by atoms with Crippen molar-refractivity contribution in [3.63, 3.8) is 0 Å².